The Morgan fingerprint density at radius 3 is 3.12 bits per heavy atom. The largest absolute Gasteiger partial charge is 0.310 e. The number of hydrogen-bond acceptors (Lipinski definition) is 2. The lowest BCUT2D eigenvalue weighted by Crippen LogP contribution is -2.27. The summed E-state index contributed by atoms with van der Waals surface area (Å²) in [6.07, 6.45) is 4.92. The molecule has 1 aliphatic rings. The van der Waals surface area contributed by atoms with E-state index in [9.17, 15) is 0 Å². The second-order valence-corrected chi connectivity index (χ2v) is 4.67. The minimum Gasteiger partial charge on any atom is -0.310 e. The summed E-state index contributed by atoms with van der Waals surface area (Å²) in [5.74, 6) is 0. The lowest BCUT2D eigenvalue weighted by molar-refractivity contribution is 0.460. The van der Waals surface area contributed by atoms with Gasteiger partial charge < -0.3 is 5.32 Å². The molecular formula is C14H19NS. The Morgan fingerprint density at radius 1 is 1.50 bits per heavy atom. The van der Waals surface area contributed by atoms with Gasteiger partial charge in [-0.25, -0.2) is 0 Å². The highest BCUT2D eigenvalue weighted by Gasteiger charge is 2.21. The van der Waals surface area contributed by atoms with E-state index in [0.29, 0.717) is 6.04 Å². The summed E-state index contributed by atoms with van der Waals surface area (Å²) < 4.78 is 0. The van der Waals surface area contributed by atoms with E-state index in [2.05, 4.69) is 30.4 Å². The molecule has 0 bridgehead atoms. The topological polar surface area (TPSA) is 12.0 Å². The first kappa shape index (κ1) is 11.7. The maximum Gasteiger partial charge on any atom is 0.0329 e. The van der Waals surface area contributed by atoms with Gasteiger partial charge >= 0.3 is 0 Å². The molecule has 0 spiro atoms. The molecule has 1 unspecified atom stereocenters. The third kappa shape index (κ3) is 2.33. The summed E-state index contributed by atoms with van der Waals surface area (Å²) in [5, 5.41) is 5.46. The van der Waals surface area contributed by atoms with E-state index in [4.69, 9.17) is 12.2 Å². The number of thiocarbonyl (C=S) groups is 1. The Hall–Kier alpha value is -0.730. The van der Waals surface area contributed by atoms with Crippen molar-refractivity contribution in [3.63, 3.8) is 0 Å². The highest BCUT2D eigenvalue weighted by Crippen LogP contribution is 2.31. The molecule has 1 aromatic rings. The van der Waals surface area contributed by atoms with Crippen LogP contribution in [-0.2, 0) is 6.42 Å². The third-order valence-electron chi connectivity index (χ3n) is 3.29. The van der Waals surface area contributed by atoms with Gasteiger partial charge in [0.15, 0.2) is 0 Å². The Kier molecular flexibility index (Phi) is 4.08. The maximum absolute atomic E-state index is 5.12. The lowest BCUT2D eigenvalue weighted by Gasteiger charge is -2.28. The van der Waals surface area contributed by atoms with E-state index < -0.39 is 0 Å². The van der Waals surface area contributed by atoms with Gasteiger partial charge in [0.2, 0.25) is 0 Å². The molecule has 1 N–H and O–H groups in total. The minimum atomic E-state index is 0.513. The van der Waals surface area contributed by atoms with Crippen LogP contribution in [0, 0.1) is 0 Å². The predicted molar refractivity (Wildman–Crippen MR) is 73.2 cm³/mol. The molecule has 0 radical (unpaired) electrons. The second kappa shape index (κ2) is 5.55. The van der Waals surface area contributed by atoms with Crippen LogP contribution in [0.3, 0.4) is 0 Å². The van der Waals surface area contributed by atoms with Gasteiger partial charge in [-0.15, -0.1) is 0 Å². The van der Waals surface area contributed by atoms with Crippen LogP contribution < -0.4 is 5.32 Å². The van der Waals surface area contributed by atoms with Crippen LogP contribution in [0.4, 0.5) is 0 Å². The van der Waals surface area contributed by atoms with Crippen LogP contribution in [0.5, 0.6) is 0 Å². The molecule has 0 aromatic heterocycles. The number of fused-ring (bicyclic) bond motifs is 1. The average Bonchev–Trinajstić information content (AvgIpc) is 2.35. The number of hydrogen-bond donors (Lipinski definition) is 1. The molecule has 0 heterocycles. The van der Waals surface area contributed by atoms with Gasteiger partial charge in [0.25, 0.3) is 0 Å². The number of nitrogens with one attached hydrogen (secondary N) is 1. The molecule has 0 saturated carbocycles. The fourth-order valence-corrected chi connectivity index (χ4v) is 2.75. The molecule has 1 aromatic carbocycles. The van der Waals surface area contributed by atoms with Crippen molar-refractivity contribution in [1.82, 2.24) is 5.32 Å². The number of rotatable bonds is 4. The van der Waals surface area contributed by atoms with Crippen molar-refractivity contribution < 1.29 is 0 Å². The second-order valence-electron chi connectivity index (χ2n) is 4.44. The summed E-state index contributed by atoms with van der Waals surface area (Å²) in [6.45, 7) is 3.30. The fraction of sp³-hybridized carbons (Fsp3) is 0.500. The minimum absolute atomic E-state index is 0.513. The van der Waals surface area contributed by atoms with E-state index in [-0.39, 0.29) is 0 Å². The standard InChI is InChI=1S/C14H19NS/c1-2-9-15-13-8-4-6-11-5-3-7-12(10-16)14(11)13/h3,5,7,10,13,15H,2,4,6,8-9H2,1H3. The molecule has 1 atom stereocenters. The number of benzene rings is 1. The molecule has 1 aliphatic carbocycles. The Morgan fingerprint density at radius 2 is 2.38 bits per heavy atom. The van der Waals surface area contributed by atoms with Crippen molar-refractivity contribution in [2.75, 3.05) is 6.54 Å². The van der Waals surface area contributed by atoms with Crippen LogP contribution in [0.15, 0.2) is 18.2 Å². The van der Waals surface area contributed by atoms with Gasteiger partial charge in [0, 0.05) is 11.4 Å². The van der Waals surface area contributed by atoms with E-state index in [0.717, 1.165) is 6.54 Å². The van der Waals surface area contributed by atoms with Crippen molar-refractivity contribution in [2.24, 2.45) is 0 Å². The van der Waals surface area contributed by atoms with Crippen LogP contribution in [0.25, 0.3) is 0 Å². The smallest absolute Gasteiger partial charge is 0.0329 e. The first-order chi connectivity index (χ1) is 7.86. The zero-order valence-corrected chi connectivity index (χ0v) is 10.6. The van der Waals surface area contributed by atoms with E-state index >= 15 is 0 Å². The third-order valence-corrected chi connectivity index (χ3v) is 3.54. The van der Waals surface area contributed by atoms with E-state index in [1.165, 1.54) is 42.4 Å². The van der Waals surface area contributed by atoms with Crippen molar-refractivity contribution in [2.45, 2.75) is 38.6 Å². The summed E-state index contributed by atoms with van der Waals surface area (Å²) in [6, 6.07) is 7.02. The van der Waals surface area contributed by atoms with Crippen molar-refractivity contribution in [3.8, 4) is 0 Å². The quantitative estimate of drug-likeness (QED) is 0.800. The summed E-state index contributed by atoms with van der Waals surface area (Å²) in [4.78, 5) is 0. The van der Waals surface area contributed by atoms with Crippen molar-refractivity contribution in [1.29, 1.82) is 0 Å². The summed E-state index contributed by atoms with van der Waals surface area (Å²) >= 11 is 5.12. The molecule has 0 saturated heterocycles. The average molecular weight is 233 g/mol. The predicted octanol–water partition coefficient (Wildman–Crippen LogP) is 3.41. The van der Waals surface area contributed by atoms with Crippen LogP contribution in [0.1, 0.15) is 48.9 Å². The molecule has 16 heavy (non-hydrogen) atoms. The zero-order chi connectivity index (χ0) is 11.4. The molecule has 0 fully saturated rings. The Labute approximate surface area is 103 Å². The van der Waals surface area contributed by atoms with Crippen LogP contribution in [0.2, 0.25) is 0 Å². The summed E-state index contributed by atoms with van der Waals surface area (Å²) in [7, 11) is 0. The fourth-order valence-electron chi connectivity index (χ4n) is 2.54. The summed E-state index contributed by atoms with van der Waals surface area (Å²) in [5.41, 5.74) is 4.18. The highest BCUT2D eigenvalue weighted by molar-refractivity contribution is 7.79. The molecule has 1 nitrogen and oxygen atoms in total. The monoisotopic (exact) mass is 233 g/mol. The first-order valence-corrected chi connectivity index (χ1v) is 6.64. The van der Waals surface area contributed by atoms with Crippen LogP contribution >= 0.6 is 12.2 Å². The van der Waals surface area contributed by atoms with Gasteiger partial charge in [-0.1, -0.05) is 37.3 Å². The van der Waals surface area contributed by atoms with E-state index in [1.807, 2.05) is 5.37 Å². The SMILES string of the molecule is CCCNC1CCCc2cccc(C=S)c21. The molecule has 2 heteroatoms. The lowest BCUT2D eigenvalue weighted by atomic mass is 9.85. The van der Waals surface area contributed by atoms with Crippen molar-refractivity contribution in [3.05, 3.63) is 34.9 Å². The zero-order valence-electron chi connectivity index (χ0n) is 9.83. The molecule has 86 valence electrons. The first-order valence-electron chi connectivity index (χ1n) is 6.17. The van der Waals surface area contributed by atoms with Crippen molar-refractivity contribution >= 4 is 17.6 Å². The molecule has 2 rings (SSSR count). The van der Waals surface area contributed by atoms with Gasteiger partial charge in [-0.2, -0.15) is 0 Å². The highest BCUT2D eigenvalue weighted by atomic mass is 32.1. The Balaban J connectivity index is 2.31. The van der Waals surface area contributed by atoms with E-state index in [1.54, 1.807) is 0 Å². The van der Waals surface area contributed by atoms with Crippen LogP contribution in [-0.4, -0.2) is 11.9 Å². The van der Waals surface area contributed by atoms with Gasteiger partial charge in [-0.05, 0) is 48.9 Å². The molecular weight excluding hydrogens is 214 g/mol. The van der Waals surface area contributed by atoms with Gasteiger partial charge in [0.1, 0.15) is 0 Å². The van der Waals surface area contributed by atoms with Gasteiger partial charge in [-0.3, -0.25) is 0 Å². The maximum atomic E-state index is 5.12. The number of aryl methyl sites for hydroxylation is 1. The molecule has 0 amide bonds. The van der Waals surface area contributed by atoms with Gasteiger partial charge in [0.05, 0.1) is 0 Å². The molecule has 0 aliphatic heterocycles. The normalized spacial score (nSPS) is 19.2. The Bertz CT molecular complexity index is 373.